The molecule has 1 unspecified atom stereocenters. The van der Waals surface area contributed by atoms with E-state index in [0.717, 1.165) is 5.69 Å². The van der Waals surface area contributed by atoms with Crippen molar-refractivity contribution in [3.8, 4) is 5.75 Å². The van der Waals surface area contributed by atoms with Crippen molar-refractivity contribution in [1.29, 1.82) is 0 Å². The Labute approximate surface area is 123 Å². The summed E-state index contributed by atoms with van der Waals surface area (Å²) in [7, 11) is 0. The predicted molar refractivity (Wildman–Crippen MR) is 78.9 cm³/mol. The average Bonchev–Trinajstić information content (AvgIpc) is 2.50. The van der Waals surface area contributed by atoms with Crippen LogP contribution in [0.1, 0.15) is 30.6 Å². The monoisotopic (exact) mass is 292 g/mol. The van der Waals surface area contributed by atoms with E-state index < -0.39 is 5.97 Å². The van der Waals surface area contributed by atoms with Crippen LogP contribution in [0.5, 0.6) is 5.75 Å². The predicted octanol–water partition coefficient (Wildman–Crippen LogP) is 1.82. The fourth-order valence-electron chi connectivity index (χ4n) is 2.29. The molecule has 1 aromatic rings. The summed E-state index contributed by atoms with van der Waals surface area (Å²) in [5, 5.41) is 12.2. The lowest BCUT2D eigenvalue weighted by molar-refractivity contribution is -0.138. The van der Waals surface area contributed by atoms with Crippen molar-refractivity contribution < 1.29 is 19.4 Å². The molecule has 0 aromatic heterocycles. The Morgan fingerprint density at radius 1 is 1.48 bits per heavy atom. The second-order valence-electron chi connectivity index (χ2n) is 5.04. The molecule has 6 nitrogen and oxygen atoms in total. The van der Waals surface area contributed by atoms with E-state index in [1.807, 2.05) is 19.9 Å². The van der Waals surface area contributed by atoms with Gasteiger partial charge in [-0.3, -0.25) is 9.59 Å². The van der Waals surface area contributed by atoms with Gasteiger partial charge in [0, 0.05) is 12.6 Å². The van der Waals surface area contributed by atoms with Gasteiger partial charge in [-0.15, -0.1) is 0 Å². The molecule has 1 heterocycles. The van der Waals surface area contributed by atoms with E-state index in [-0.39, 0.29) is 18.5 Å². The average molecular weight is 292 g/mol. The first-order valence-corrected chi connectivity index (χ1v) is 7.07. The number of hydrogen-bond donors (Lipinski definition) is 2. The molecular formula is C15H20N2O4. The molecule has 1 amide bonds. The molecule has 1 aliphatic rings. The molecule has 6 heteroatoms. The number of anilines is 1. The van der Waals surface area contributed by atoms with Crippen molar-refractivity contribution in [2.45, 2.75) is 26.3 Å². The van der Waals surface area contributed by atoms with Gasteiger partial charge < -0.3 is 20.1 Å². The zero-order valence-electron chi connectivity index (χ0n) is 12.3. The van der Waals surface area contributed by atoms with Gasteiger partial charge in [0.2, 0.25) is 0 Å². The van der Waals surface area contributed by atoms with Crippen LogP contribution in [0.3, 0.4) is 0 Å². The summed E-state index contributed by atoms with van der Waals surface area (Å²) >= 11 is 0. The molecule has 21 heavy (non-hydrogen) atoms. The van der Waals surface area contributed by atoms with E-state index in [2.05, 4.69) is 5.32 Å². The third-order valence-corrected chi connectivity index (χ3v) is 3.60. The lowest BCUT2D eigenvalue weighted by Gasteiger charge is -2.29. The van der Waals surface area contributed by atoms with Crippen LogP contribution in [-0.2, 0) is 4.79 Å². The molecule has 0 radical (unpaired) electrons. The normalized spacial score (nSPS) is 14.4. The van der Waals surface area contributed by atoms with Gasteiger partial charge in [-0.25, -0.2) is 0 Å². The lowest BCUT2D eigenvalue weighted by Crippen LogP contribution is -2.42. The third-order valence-electron chi connectivity index (χ3n) is 3.60. The minimum Gasteiger partial charge on any atom is -0.489 e. The second kappa shape index (κ2) is 6.47. The quantitative estimate of drug-likeness (QED) is 0.865. The highest BCUT2D eigenvalue weighted by atomic mass is 16.5. The molecule has 1 atom stereocenters. The smallest absolute Gasteiger partial charge is 0.323 e. The highest BCUT2D eigenvalue weighted by Gasteiger charge is 2.27. The summed E-state index contributed by atoms with van der Waals surface area (Å²) in [5.41, 5.74) is 1.17. The minimum atomic E-state index is -1.02. The van der Waals surface area contributed by atoms with Crippen molar-refractivity contribution in [3.63, 3.8) is 0 Å². The molecule has 0 aliphatic carbocycles. The van der Waals surface area contributed by atoms with Gasteiger partial charge in [0.05, 0.1) is 11.3 Å². The summed E-state index contributed by atoms with van der Waals surface area (Å²) in [5.74, 6) is -0.827. The number of nitrogens with one attached hydrogen (secondary N) is 1. The molecule has 0 saturated carbocycles. The number of carboxylic acids is 1. The number of benzene rings is 1. The third kappa shape index (κ3) is 3.26. The van der Waals surface area contributed by atoms with Crippen LogP contribution in [0.2, 0.25) is 0 Å². The van der Waals surface area contributed by atoms with Crippen LogP contribution >= 0.6 is 0 Å². The maximum atomic E-state index is 12.7. The molecule has 1 aromatic carbocycles. The van der Waals surface area contributed by atoms with Gasteiger partial charge in [-0.2, -0.15) is 0 Å². The molecule has 114 valence electrons. The van der Waals surface area contributed by atoms with Crippen LogP contribution in [0.15, 0.2) is 18.2 Å². The standard InChI is InChI=1S/C15H20N2O4/c1-3-10(2)17(9-13(18)19)15(20)11-5-4-6-12-14(11)21-8-7-16-12/h4-6,10,16H,3,7-9H2,1-2H3,(H,18,19). The molecule has 1 aliphatic heterocycles. The number of carbonyl (C=O) groups excluding carboxylic acids is 1. The maximum absolute atomic E-state index is 12.7. The van der Waals surface area contributed by atoms with Crippen molar-refractivity contribution in [1.82, 2.24) is 4.90 Å². The molecule has 0 bridgehead atoms. The number of carbonyl (C=O) groups is 2. The van der Waals surface area contributed by atoms with Crippen molar-refractivity contribution in [2.75, 3.05) is 25.0 Å². The molecule has 0 spiro atoms. The van der Waals surface area contributed by atoms with Gasteiger partial charge in [-0.05, 0) is 25.5 Å². The molecule has 0 fully saturated rings. The van der Waals surface area contributed by atoms with Crippen LogP contribution in [0.4, 0.5) is 5.69 Å². The highest BCUT2D eigenvalue weighted by Crippen LogP contribution is 2.32. The van der Waals surface area contributed by atoms with Crippen LogP contribution in [0.25, 0.3) is 0 Å². The van der Waals surface area contributed by atoms with Gasteiger partial charge in [0.25, 0.3) is 5.91 Å². The van der Waals surface area contributed by atoms with E-state index in [9.17, 15) is 9.59 Å². The number of amides is 1. The number of carboxylic acid groups (broad SMARTS) is 1. The number of para-hydroxylation sites is 1. The van der Waals surface area contributed by atoms with Crippen LogP contribution in [-0.4, -0.2) is 47.6 Å². The fraction of sp³-hybridized carbons (Fsp3) is 0.467. The van der Waals surface area contributed by atoms with Crippen LogP contribution < -0.4 is 10.1 Å². The SMILES string of the molecule is CCC(C)N(CC(=O)O)C(=O)c1cccc2c1OCCN2. The van der Waals surface area contributed by atoms with Crippen molar-refractivity contribution in [2.24, 2.45) is 0 Å². The van der Waals surface area contributed by atoms with Crippen LogP contribution in [0, 0.1) is 0 Å². The molecule has 2 N–H and O–H groups in total. The highest BCUT2D eigenvalue weighted by molar-refractivity contribution is 6.00. The summed E-state index contributed by atoms with van der Waals surface area (Å²) in [6.45, 7) is 4.62. The summed E-state index contributed by atoms with van der Waals surface area (Å²) < 4.78 is 5.59. The number of hydrogen-bond acceptors (Lipinski definition) is 4. The van der Waals surface area contributed by atoms with E-state index >= 15 is 0 Å². The minimum absolute atomic E-state index is 0.152. The fourth-order valence-corrected chi connectivity index (χ4v) is 2.29. The second-order valence-corrected chi connectivity index (χ2v) is 5.04. The summed E-state index contributed by atoms with van der Waals surface area (Å²) in [4.78, 5) is 25.1. The Morgan fingerprint density at radius 2 is 2.24 bits per heavy atom. The summed E-state index contributed by atoms with van der Waals surface area (Å²) in [6, 6.07) is 5.13. The Balaban J connectivity index is 2.34. The Hall–Kier alpha value is -2.24. The number of fused-ring (bicyclic) bond motifs is 1. The molecule has 0 saturated heterocycles. The van der Waals surface area contributed by atoms with Gasteiger partial charge >= 0.3 is 5.97 Å². The summed E-state index contributed by atoms with van der Waals surface area (Å²) in [6.07, 6.45) is 0.688. The van der Waals surface area contributed by atoms with E-state index in [0.29, 0.717) is 30.9 Å². The largest absolute Gasteiger partial charge is 0.489 e. The number of aliphatic carboxylic acids is 1. The molecular weight excluding hydrogens is 272 g/mol. The van der Waals surface area contributed by atoms with E-state index in [1.165, 1.54) is 4.90 Å². The van der Waals surface area contributed by atoms with Crippen molar-refractivity contribution in [3.05, 3.63) is 23.8 Å². The topological polar surface area (TPSA) is 78.9 Å². The van der Waals surface area contributed by atoms with Gasteiger partial charge in [-0.1, -0.05) is 13.0 Å². The first-order chi connectivity index (χ1) is 10.0. The number of ether oxygens (including phenoxy) is 1. The first kappa shape index (κ1) is 15.2. The Bertz CT molecular complexity index is 544. The Morgan fingerprint density at radius 3 is 2.90 bits per heavy atom. The van der Waals surface area contributed by atoms with E-state index in [1.54, 1.807) is 12.1 Å². The van der Waals surface area contributed by atoms with Crippen molar-refractivity contribution >= 4 is 17.6 Å². The number of nitrogens with zero attached hydrogens (tertiary/aromatic N) is 1. The molecule has 2 rings (SSSR count). The van der Waals surface area contributed by atoms with E-state index in [4.69, 9.17) is 9.84 Å². The number of rotatable bonds is 5. The van der Waals surface area contributed by atoms with Gasteiger partial charge in [0.1, 0.15) is 13.2 Å². The zero-order valence-corrected chi connectivity index (χ0v) is 12.3. The maximum Gasteiger partial charge on any atom is 0.323 e. The first-order valence-electron chi connectivity index (χ1n) is 7.07. The zero-order chi connectivity index (χ0) is 15.4. The van der Waals surface area contributed by atoms with Gasteiger partial charge in [0.15, 0.2) is 5.75 Å². The lowest BCUT2D eigenvalue weighted by atomic mass is 10.1. The Kier molecular flexibility index (Phi) is 4.67.